The van der Waals surface area contributed by atoms with Crippen molar-refractivity contribution in [1.82, 2.24) is 4.98 Å². The normalized spacial score (nSPS) is 22.8. The Kier molecular flexibility index (Phi) is 5.73. The number of nitriles is 2. The molecule has 6 heteroatoms. The lowest BCUT2D eigenvalue weighted by molar-refractivity contribution is -0.142. The van der Waals surface area contributed by atoms with Crippen LogP contribution >= 0.6 is 0 Å². The van der Waals surface area contributed by atoms with E-state index >= 15 is 0 Å². The molecule has 1 aromatic heterocycles. The summed E-state index contributed by atoms with van der Waals surface area (Å²) in [7, 11) is 0. The van der Waals surface area contributed by atoms with Gasteiger partial charge in [0.05, 0.1) is 11.5 Å². The molecule has 0 bridgehead atoms. The van der Waals surface area contributed by atoms with Crippen molar-refractivity contribution in [2.24, 2.45) is 5.92 Å². The fraction of sp³-hybridized carbons (Fsp3) is 0.600. The Morgan fingerprint density at radius 1 is 1.00 bits per heavy atom. The van der Waals surface area contributed by atoms with Crippen molar-refractivity contribution in [2.45, 2.75) is 70.3 Å². The number of carbonyl (C=O) groups is 1. The van der Waals surface area contributed by atoms with Gasteiger partial charge in [-0.2, -0.15) is 10.5 Å². The van der Waals surface area contributed by atoms with Crippen LogP contribution in [0, 0.1) is 28.6 Å². The molecule has 0 aliphatic heterocycles. The van der Waals surface area contributed by atoms with Crippen LogP contribution in [-0.2, 0) is 17.6 Å². The van der Waals surface area contributed by atoms with Crippen LogP contribution in [0.4, 0.5) is 5.82 Å². The number of nitrogens with one attached hydrogen (secondary N) is 1. The molecular weight excluding hydrogens is 328 g/mol. The lowest BCUT2D eigenvalue weighted by atomic mass is 9.86. The average molecular weight is 352 g/mol. The van der Waals surface area contributed by atoms with Crippen molar-refractivity contribution in [2.75, 3.05) is 5.32 Å². The number of aromatic nitrogens is 1. The van der Waals surface area contributed by atoms with Crippen LogP contribution in [0.1, 0.15) is 73.8 Å². The van der Waals surface area contributed by atoms with Gasteiger partial charge >= 0.3 is 5.97 Å². The molecule has 2 N–H and O–H groups in total. The molecule has 1 saturated carbocycles. The summed E-state index contributed by atoms with van der Waals surface area (Å²) in [5, 5.41) is 31.8. The molecule has 26 heavy (non-hydrogen) atoms. The first kappa shape index (κ1) is 18.2. The monoisotopic (exact) mass is 352 g/mol. The molecule has 2 aliphatic carbocycles. The fourth-order valence-electron chi connectivity index (χ4n) is 4.11. The first-order valence-corrected chi connectivity index (χ1v) is 9.49. The number of anilines is 1. The molecule has 1 fully saturated rings. The second-order valence-electron chi connectivity index (χ2n) is 7.30. The van der Waals surface area contributed by atoms with E-state index in [1.54, 1.807) is 0 Å². The second kappa shape index (κ2) is 8.19. The SMILES string of the molecule is N#Cc1c(NC2CCC(C(=O)O)CC2)nc2c(c1C#N)CCCCCC2. The molecule has 0 saturated heterocycles. The van der Waals surface area contributed by atoms with Crippen molar-refractivity contribution in [3.8, 4) is 12.1 Å². The molecule has 0 unspecified atom stereocenters. The highest BCUT2D eigenvalue weighted by Gasteiger charge is 2.28. The van der Waals surface area contributed by atoms with Crippen molar-refractivity contribution in [3.63, 3.8) is 0 Å². The topological polar surface area (TPSA) is 110 Å². The highest BCUT2D eigenvalue weighted by atomic mass is 16.4. The molecule has 3 rings (SSSR count). The van der Waals surface area contributed by atoms with E-state index in [4.69, 9.17) is 10.1 Å². The zero-order chi connectivity index (χ0) is 18.5. The van der Waals surface area contributed by atoms with E-state index in [-0.39, 0.29) is 12.0 Å². The van der Waals surface area contributed by atoms with E-state index in [0.717, 1.165) is 56.2 Å². The second-order valence-corrected chi connectivity index (χ2v) is 7.30. The van der Waals surface area contributed by atoms with Crippen molar-refractivity contribution < 1.29 is 9.90 Å². The van der Waals surface area contributed by atoms with Gasteiger partial charge in [0.25, 0.3) is 0 Å². The van der Waals surface area contributed by atoms with Crippen LogP contribution in [-0.4, -0.2) is 22.1 Å². The molecule has 0 spiro atoms. The van der Waals surface area contributed by atoms with Gasteiger partial charge < -0.3 is 10.4 Å². The van der Waals surface area contributed by atoms with Crippen LogP contribution in [0.3, 0.4) is 0 Å². The third-order valence-corrected chi connectivity index (χ3v) is 5.61. The van der Waals surface area contributed by atoms with Gasteiger partial charge in [0.1, 0.15) is 23.5 Å². The number of hydrogen-bond donors (Lipinski definition) is 2. The molecule has 1 heterocycles. The minimum absolute atomic E-state index is 0.100. The maximum atomic E-state index is 11.1. The number of carboxylic acid groups (broad SMARTS) is 1. The van der Waals surface area contributed by atoms with Gasteiger partial charge in [-0.3, -0.25) is 4.79 Å². The van der Waals surface area contributed by atoms with Crippen molar-refractivity contribution in [3.05, 3.63) is 22.4 Å². The summed E-state index contributed by atoms with van der Waals surface area (Å²) < 4.78 is 0. The number of aliphatic carboxylic acids is 1. The summed E-state index contributed by atoms with van der Waals surface area (Å²) >= 11 is 0. The van der Waals surface area contributed by atoms with Gasteiger partial charge in [-0.1, -0.05) is 12.8 Å². The number of fused-ring (bicyclic) bond motifs is 1. The van der Waals surface area contributed by atoms with Crippen LogP contribution < -0.4 is 5.32 Å². The van der Waals surface area contributed by atoms with Crippen LogP contribution in [0.5, 0.6) is 0 Å². The lowest BCUT2D eigenvalue weighted by Crippen LogP contribution is -2.30. The van der Waals surface area contributed by atoms with Gasteiger partial charge in [-0.15, -0.1) is 0 Å². The summed E-state index contributed by atoms with van der Waals surface area (Å²) in [6.45, 7) is 0. The number of hydrogen-bond acceptors (Lipinski definition) is 5. The Bertz CT molecular complexity index is 767. The molecular formula is C20H24N4O2. The molecule has 1 aromatic rings. The van der Waals surface area contributed by atoms with Crippen molar-refractivity contribution in [1.29, 1.82) is 10.5 Å². The zero-order valence-corrected chi connectivity index (χ0v) is 14.9. The van der Waals surface area contributed by atoms with Crippen LogP contribution in [0.2, 0.25) is 0 Å². The Hall–Kier alpha value is -2.60. The lowest BCUT2D eigenvalue weighted by Gasteiger charge is -2.28. The predicted molar refractivity (Wildman–Crippen MR) is 96.5 cm³/mol. The molecule has 0 atom stereocenters. The van der Waals surface area contributed by atoms with E-state index < -0.39 is 5.97 Å². The summed E-state index contributed by atoms with van der Waals surface area (Å²) in [6.07, 6.45) is 8.80. The largest absolute Gasteiger partial charge is 0.481 e. The minimum atomic E-state index is -0.729. The molecule has 136 valence electrons. The quantitative estimate of drug-likeness (QED) is 0.861. The van der Waals surface area contributed by atoms with Gasteiger partial charge in [0, 0.05) is 11.7 Å². The number of carboxylic acids is 1. The molecule has 6 nitrogen and oxygen atoms in total. The first-order valence-electron chi connectivity index (χ1n) is 9.49. The van der Waals surface area contributed by atoms with Crippen LogP contribution in [0.25, 0.3) is 0 Å². The maximum absolute atomic E-state index is 11.1. The van der Waals surface area contributed by atoms with Gasteiger partial charge in [-0.05, 0) is 56.9 Å². The van der Waals surface area contributed by atoms with Gasteiger partial charge in [0.15, 0.2) is 0 Å². The number of pyridine rings is 1. The summed E-state index contributed by atoms with van der Waals surface area (Å²) in [5.74, 6) is -0.504. The number of aryl methyl sites for hydroxylation is 1. The Morgan fingerprint density at radius 3 is 2.27 bits per heavy atom. The summed E-state index contributed by atoms with van der Waals surface area (Å²) in [4.78, 5) is 15.9. The maximum Gasteiger partial charge on any atom is 0.306 e. The third kappa shape index (κ3) is 3.80. The predicted octanol–water partition coefficient (Wildman–Crippen LogP) is 3.54. The van der Waals surface area contributed by atoms with E-state index in [2.05, 4.69) is 17.5 Å². The minimum Gasteiger partial charge on any atom is -0.481 e. The Labute approximate surface area is 153 Å². The van der Waals surface area contributed by atoms with E-state index in [0.29, 0.717) is 29.8 Å². The molecule has 0 radical (unpaired) electrons. The van der Waals surface area contributed by atoms with Crippen LogP contribution in [0.15, 0.2) is 0 Å². The number of rotatable bonds is 3. The standard InChI is InChI=1S/C20H24N4O2/c21-11-16-15-5-3-1-2-4-6-18(15)24-19(17(16)12-22)23-14-9-7-13(8-10-14)20(25)26/h13-14H,1-10H2,(H,23,24)(H,25,26). The van der Waals surface area contributed by atoms with Gasteiger partial charge in [-0.25, -0.2) is 4.98 Å². The van der Waals surface area contributed by atoms with E-state index in [1.807, 2.05) is 0 Å². The van der Waals surface area contributed by atoms with Gasteiger partial charge in [0.2, 0.25) is 0 Å². The highest BCUT2D eigenvalue weighted by molar-refractivity contribution is 5.70. The first-order chi connectivity index (χ1) is 12.6. The van der Waals surface area contributed by atoms with Crippen molar-refractivity contribution >= 4 is 11.8 Å². The molecule has 0 amide bonds. The van der Waals surface area contributed by atoms with E-state index in [9.17, 15) is 15.3 Å². The highest BCUT2D eigenvalue weighted by Crippen LogP contribution is 2.31. The fourth-order valence-corrected chi connectivity index (χ4v) is 4.11. The summed E-state index contributed by atoms with van der Waals surface area (Å²) in [5.41, 5.74) is 2.71. The Morgan fingerprint density at radius 2 is 1.65 bits per heavy atom. The summed E-state index contributed by atoms with van der Waals surface area (Å²) in [6, 6.07) is 4.52. The Balaban J connectivity index is 1.87. The zero-order valence-electron chi connectivity index (χ0n) is 14.9. The molecule has 2 aliphatic rings. The third-order valence-electron chi connectivity index (χ3n) is 5.61. The van der Waals surface area contributed by atoms with E-state index in [1.165, 1.54) is 6.42 Å². The molecule has 0 aromatic carbocycles. The smallest absolute Gasteiger partial charge is 0.306 e. The average Bonchev–Trinajstić information content (AvgIpc) is 2.62. The number of nitrogens with zero attached hydrogens (tertiary/aromatic N) is 3.